The zero-order valence-electron chi connectivity index (χ0n) is 11.6. The highest BCUT2D eigenvalue weighted by atomic mass is 15.2. The molecule has 1 atom stereocenters. The van der Waals surface area contributed by atoms with Crippen LogP contribution in [0.5, 0.6) is 0 Å². The first-order valence-electron chi connectivity index (χ1n) is 6.93. The molecule has 1 aliphatic rings. The number of fused-ring (bicyclic) bond motifs is 1. The number of nitrogens with zero attached hydrogens (tertiary/aromatic N) is 3. The Morgan fingerprint density at radius 3 is 2.70 bits per heavy atom. The van der Waals surface area contributed by atoms with Crippen molar-refractivity contribution < 1.29 is 0 Å². The van der Waals surface area contributed by atoms with Gasteiger partial charge in [0.2, 0.25) is 0 Å². The Bertz CT molecular complexity index is 640. The molecule has 0 aliphatic heterocycles. The van der Waals surface area contributed by atoms with Crippen LogP contribution in [0, 0.1) is 11.3 Å². The van der Waals surface area contributed by atoms with Gasteiger partial charge in [-0.05, 0) is 42.5 Å². The van der Waals surface area contributed by atoms with Crippen molar-refractivity contribution in [2.45, 2.75) is 25.3 Å². The largest absolute Gasteiger partial charge is 0.356 e. The zero-order chi connectivity index (χ0) is 13.9. The van der Waals surface area contributed by atoms with Gasteiger partial charge in [0.25, 0.3) is 0 Å². The molecule has 0 fully saturated rings. The number of likely N-dealkylation sites (N-methyl/N-ethyl adjacent to an activating group) is 1. The molecular weight excluding hydrogens is 246 g/mol. The number of nitriles is 1. The number of benzene rings is 1. The Balaban J connectivity index is 1.78. The standard InChI is InChI=1S/C17H17N3/c1-20(17-9-6-13(11-18)12-19-17)16-8-7-14-4-2-3-5-15(14)10-16/h2-6,9,12,16H,7-8,10H2,1H3. The average Bonchev–Trinajstić information content (AvgIpc) is 2.54. The quantitative estimate of drug-likeness (QED) is 0.836. The van der Waals surface area contributed by atoms with Crippen molar-refractivity contribution in [2.24, 2.45) is 0 Å². The van der Waals surface area contributed by atoms with E-state index in [2.05, 4.69) is 47.3 Å². The lowest BCUT2D eigenvalue weighted by atomic mass is 9.88. The van der Waals surface area contributed by atoms with E-state index >= 15 is 0 Å². The highest BCUT2D eigenvalue weighted by Gasteiger charge is 2.22. The summed E-state index contributed by atoms with van der Waals surface area (Å²) in [4.78, 5) is 6.62. The van der Waals surface area contributed by atoms with Crippen molar-refractivity contribution in [2.75, 3.05) is 11.9 Å². The molecule has 1 heterocycles. The molecule has 100 valence electrons. The number of aryl methyl sites for hydroxylation is 1. The molecule has 0 bridgehead atoms. The number of rotatable bonds is 2. The molecule has 0 saturated heterocycles. The van der Waals surface area contributed by atoms with Crippen molar-refractivity contribution >= 4 is 5.82 Å². The molecule has 0 spiro atoms. The molecular formula is C17H17N3. The second kappa shape index (κ2) is 5.34. The number of pyridine rings is 1. The second-order valence-electron chi connectivity index (χ2n) is 5.29. The molecule has 20 heavy (non-hydrogen) atoms. The minimum Gasteiger partial charge on any atom is -0.356 e. The molecule has 2 aromatic rings. The molecule has 3 nitrogen and oxygen atoms in total. The lowest BCUT2D eigenvalue weighted by Crippen LogP contribution is -2.37. The summed E-state index contributed by atoms with van der Waals surface area (Å²) in [6.45, 7) is 0. The van der Waals surface area contributed by atoms with Crippen LogP contribution in [-0.2, 0) is 12.8 Å². The minimum absolute atomic E-state index is 0.477. The van der Waals surface area contributed by atoms with Gasteiger partial charge in [-0.2, -0.15) is 5.26 Å². The van der Waals surface area contributed by atoms with Gasteiger partial charge < -0.3 is 4.90 Å². The van der Waals surface area contributed by atoms with Crippen LogP contribution in [0.15, 0.2) is 42.6 Å². The van der Waals surface area contributed by atoms with Crippen LogP contribution >= 0.6 is 0 Å². The van der Waals surface area contributed by atoms with E-state index in [1.807, 2.05) is 12.1 Å². The van der Waals surface area contributed by atoms with Gasteiger partial charge >= 0.3 is 0 Å². The van der Waals surface area contributed by atoms with Gasteiger partial charge in [-0.25, -0.2) is 4.98 Å². The van der Waals surface area contributed by atoms with Crippen LogP contribution in [-0.4, -0.2) is 18.1 Å². The number of aromatic nitrogens is 1. The van der Waals surface area contributed by atoms with Crippen LogP contribution in [0.25, 0.3) is 0 Å². The van der Waals surface area contributed by atoms with E-state index in [1.54, 1.807) is 6.20 Å². The summed E-state index contributed by atoms with van der Waals surface area (Å²) >= 11 is 0. The molecule has 0 amide bonds. The highest BCUT2D eigenvalue weighted by Crippen LogP contribution is 2.26. The van der Waals surface area contributed by atoms with E-state index in [0.29, 0.717) is 11.6 Å². The summed E-state index contributed by atoms with van der Waals surface area (Å²) in [7, 11) is 2.09. The summed E-state index contributed by atoms with van der Waals surface area (Å²) in [6.07, 6.45) is 4.98. The summed E-state index contributed by atoms with van der Waals surface area (Å²) in [5, 5.41) is 8.82. The Kier molecular flexibility index (Phi) is 3.39. The van der Waals surface area contributed by atoms with E-state index < -0.39 is 0 Å². The van der Waals surface area contributed by atoms with Gasteiger partial charge in [0.1, 0.15) is 11.9 Å². The van der Waals surface area contributed by atoms with Crippen LogP contribution in [0.2, 0.25) is 0 Å². The maximum absolute atomic E-state index is 8.82. The Labute approximate surface area is 119 Å². The number of anilines is 1. The minimum atomic E-state index is 0.477. The van der Waals surface area contributed by atoms with Gasteiger partial charge in [0.15, 0.2) is 0 Å². The Morgan fingerprint density at radius 2 is 2.00 bits per heavy atom. The SMILES string of the molecule is CN(c1ccc(C#N)cn1)C1CCc2ccccc2C1. The van der Waals surface area contributed by atoms with Gasteiger partial charge in [-0.3, -0.25) is 0 Å². The molecule has 1 aliphatic carbocycles. The van der Waals surface area contributed by atoms with Crippen molar-refractivity contribution in [3.05, 3.63) is 59.3 Å². The first-order chi connectivity index (χ1) is 9.78. The number of hydrogen-bond acceptors (Lipinski definition) is 3. The van der Waals surface area contributed by atoms with Gasteiger partial charge in [-0.1, -0.05) is 24.3 Å². The third-order valence-electron chi connectivity index (χ3n) is 4.11. The van der Waals surface area contributed by atoms with E-state index in [0.717, 1.165) is 25.1 Å². The fourth-order valence-electron chi connectivity index (χ4n) is 2.86. The van der Waals surface area contributed by atoms with Crippen LogP contribution < -0.4 is 4.90 Å². The maximum Gasteiger partial charge on any atom is 0.128 e. The van der Waals surface area contributed by atoms with Gasteiger partial charge in [0, 0.05) is 19.3 Å². The Hall–Kier alpha value is -2.34. The molecule has 0 radical (unpaired) electrons. The predicted molar refractivity (Wildman–Crippen MR) is 79.6 cm³/mol. The Morgan fingerprint density at radius 1 is 1.20 bits per heavy atom. The fraction of sp³-hybridized carbons (Fsp3) is 0.294. The number of hydrogen-bond donors (Lipinski definition) is 0. The molecule has 3 rings (SSSR count). The van der Waals surface area contributed by atoms with Crippen molar-refractivity contribution in [3.8, 4) is 6.07 Å². The van der Waals surface area contributed by atoms with E-state index in [9.17, 15) is 0 Å². The molecule has 3 heteroatoms. The fourth-order valence-corrected chi connectivity index (χ4v) is 2.86. The van der Waals surface area contributed by atoms with E-state index in [4.69, 9.17) is 5.26 Å². The summed E-state index contributed by atoms with van der Waals surface area (Å²) in [6, 6.07) is 15.0. The topological polar surface area (TPSA) is 39.9 Å². The first kappa shape index (κ1) is 12.7. The smallest absolute Gasteiger partial charge is 0.128 e. The second-order valence-corrected chi connectivity index (χ2v) is 5.29. The van der Waals surface area contributed by atoms with Gasteiger partial charge in [-0.15, -0.1) is 0 Å². The molecule has 0 N–H and O–H groups in total. The monoisotopic (exact) mass is 263 g/mol. The molecule has 0 saturated carbocycles. The van der Waals surface area contributed by atoms with E-state index in [-0.39, 0.29) is 0 Å². The van der Waals surface area contributed by atoms with Crippen LogP contribution in [0.3, 0.4) is 0 Å². The third kappa shape index (κ3) is 2.37. The lowest BCUT2D eigenvalue weighted by Gasteiger charge is -2.33. The lowest BCUT2D eigenvalue weighted by molar-refractivity contribution is 0.544. The molecule has 1 unspecified atom stereocenters. The van der Waals surface area contributed by atoms with Crippen molar-refractivity contribution in [1.82, 2.24) is 4.98 Å². The normalized spacial score (nSPS) is 17.1. The average molecular weight is 263 g/mol. The summed E-state index contributed by atoms with van der Waals surface area (Å²) in [5.41, 5.74) is 3.53. The van der Waals surface area contributed by atoms with E-state index in [1.165, 1.54) is 11.1 Å². The zero-order valence-corrected chi connectivity index (χ0v) is 11.6. The van der Waals surface area contributed by atoms with Gasteiger partial charge in [0.05, 0.1) is 5.56 Å². The highest BCUT2D eigenvalue weighted by molar-refractivity contribution is 5.43. The molecule has 1 aromatic heterocycles. The molecule has 1 aromatic carbocycles. The first-order valence-corrected chi connectivity index (χ1v) is 6.93. The maximum atomic E-state index is 8.82. The van der Waals surface area contributed by atoms with Crippen LogP contribution in [0.1, 0.15) is 23.1 Å². The van der Waals surface area contributed by atoms with Crippen molar-refractivity contribution in [3.63, 3.8) is 0 Å². The summed E-state index contributed by atoms with van der Waals surface area (Å²) in [5.74, 6) is 0.938. The summed E-state index contributed by atoms with van der Waals surface area (Å²) < 4.78 is 0. The third-order valence-corrected chi connectivity index (χ3v) is 4.11. The van der Waals surface area contributed by atoms with Crippen molar-refractivity contribution in [1.29, 1.82) is 5.26 Å². The predicted octanol–water partition coefficient (Wildman–Crippen LogP) is 2.95. The van der Waals surface area contributed by atoms with Crippen LogP contribution in [0.4, 0.5) is 5.82 Å².